The minimum atomic E-state index is -3.74. The first kappa shape index (κ1) is 31.0. The standard InChI is InChI=1S/C28H45N3O4S2/c1-3-4-5-6-7-8-9-10-11-12-13-14-15-24-29-25-20-22-28(23-21-25)37(34,35)31-27-18-16-26(17-19-27)30-36(2,32)33/h16-23,29-31H,3-15,24H2,1-2H3. The summed E-state index contributed by atoms with van der Waals surface area (Å²) in [5, 5.41) is 3.37. The highest BCUT2D eigenvalue weighted by Crippen LogP contribution is 2.20. The molecule has 0 amide bonds. The van der Waals surface area contributed by atoms with E-state index in [-0.39, 0.29) is 4.90 Å². The van der Waals surface area contributed by atoms with E-state index in [1.165, 1.54) is 101 Å². The Morgan fingerprint density at radius 1 is 0.541 bits per heavy atom. The maximum absolute atomic E-state index is 12.7. The molecular formula is C28H45N3O4S2. The van der Waals surface area contributed by atoms with Gasteiger partial charge in [0.2, 0.25) is 10.0 Å². The third-order valence-corrected chi connectivity index (χ3v) is 8.22. The van der Waals surface area contributed by atoms with Crippen molar-refractivity contribution in [1.82, 2.24) is 0 Å². The SMILES string of the molecule is CCCCCCCCCCCCCCCNc1ccc(S(=O)(=O)Nc2ccc(NS(C)(=O)=O)cc2)cc1. The Labute approximate surface area is 224 Å². The van der Waals surface area contributed by atoms with Crippen molar-refractivity contribution in [3.05, 3.63) is 48.5 Å². The molecule has 2 aromatic carbocycles. The highest BCUT2D eigenvalue weighted by molar-refractivity contribution is 7.92. The van der Waals surface area contributed by atoms with E-state index in [1.807, 2.05) is 0 Å². The van der Waals surface area contributed by atoms with Crippen molar-refractivity contribution in [1.29, 1.82) is 0 Å². The lowest BCUT2D eigenvalue weighted by atomic mass is 10.0. The number of benzene rings is 2. The van der Waals surface area contributed by atoms with Gasteiger partial charge in [-0.2, -0.15) is 0 Å². The van der Waals surface area contributed by atoms with Gasteiger partial charge >= 0.3 is 0 Å². The van der Waals surface area contributed by atoms with Crippen LogP contribution in [0.1, 0.15) is 90.4 Å². The van der Waals surface area contributed by atoms with Gasteiger partial charge in [-0.05, 0) is 55.0 Å². The average Bonchev–Trinajstić information content (AvgIpc) is 2.85. The lowest BCUT2D eigenvalue weighted by molar-refractivity contribution is 0.541. The van der Waals surface area contributed by atoms with Crippen molar-refractivity contribution in [2.75, 3.05) is 27.6 Å². The number of sulfonamides is 2. The smallest absolute Gasteiger partial charge is 0.261 e. The molecule has 0 saturated carbocycles. The molecule has 0 unspecified atom stereocenters. The van der Waals surface area contributed by atoms with Gasteiger partial charge < -0.3 is 5.32 Å². The van der Waals surface area contributed by atoms with Gasteiger partial charge in [-0.1, -0.05) is 84.0 Å². The molecule has 208 valence electrons. The van der Waals surface area contributed by atoms with Gasteiger partial charge in [-0.25, -0.2) is 16.8 Å². The minimum absolute atomic E-state index is 0.164. The fraction of sp³-hybridized carbons (Fsp3) is 0.571. The van der Waals surface area contributed by atoms with Crippen LogP contribution in [0.15, 0.2) is 53.4 Å². The summed E-state index contributed by atoms with van der Waals surface area (Å²) in [6.45, 7) is 3.13. The zero-order valence-electron chi connectivity index (χ0n) is 22.5. The van der Waals surface area contributed by atoms with E-state index in [2.05, 4.69) is 21.7 Å². The summed E-state index contributed by atoms with van der Waals surface area (Å²) in [4.78, 5) is 0.164. The molecule has 3 N–H and O–H groups in total. The lowest BCUT2D eigenvalue weighted by Gasteiger charge is -2.11. The number of hydrogen-bond acceptors (Lipinski definition) is 5. The van der Waals surface area contributed by atoms with Gasteiger partial charge in [0.15, 0.2) is 0 Å². The summed E-state index contributed by atoms with van der Waals surface area (Å²) in [6, 6.07) is 12.7. The molecule has 0 bridgehead atoms. The van der Waals surface area contributed by atoms with E-state index in [9.17, 15) is 16.8 Å². The van der Waals surface area contributed by atoms with Gasteiger partial charge in [0, 0.05) is 23.6 Å². The Morgan fingerprint density at radius 2 is 0.946 bits per heavy atom. The van der Waals surface area contributed by atoms with Gasteiger partial charge in [-0.3, -0.25) is 9.44 Å². The van der Waals surface area contributed by atoms with Gasteiger partial charge in [0.25, 0.3) is 10.0 Å². The van der Waals surface area contributed by atoms with Crippen LogP contribution in [-0.2, 0) is 20.0 Å². The van der Waals surface area contributed by atoms with E-state index in [1.54, 1.807) is 24.3 Å². The topological polar surface area (TPSA) is 104 Å². The van der Waals surface area contributed by atoms with Crippen LogP contribution < -0.4 is 14.8 Å². The molecule has 0 heterocycles. The van der Waals surface area contributed by atoms with Crippen molar-refractivity contribution in [2.45, 2.75) is 95.3 Å². The normalized spacial score (nSPS) is 11.8. The summed E-state index contributed by atoms with van der Waals surface area (Å²) in [5.74, 6) is 0. The summed E-state index contributed by atoms with van der Waals surface area (Å²) >= 11 is 0. The minimum Gasteiger partial charge on any atom is -0.385 e. The molecule has 2 aromatic rings. The molecule has 9 heteroatoms. The summed E-state index contributed by atoms with van der Waals surface area (Å²) in [6.07, 6.45) is 18.3. The molecule has 0 fully saturated rings. The van der Waals surface area contributed by atoms with E-state index in [0.29, 0.717) is 11.4 Å². The van der Waals surface area contributed by atoms with Crippen LogP contribution in [0, 0.1) is 0 Å². The van der Waals surface area contributed by atoms with Crippen LogP contribution in [0.25, 0.3) is 0 Å². The third kappa shape index (κ3) is 13.7. The largest absolute Gasteiger partial charge is 0.385 e. The third-order valence-electron chi connectivity index (χ3n) is 6.21. The molecule has 0 aliphatic carbocycles. The van der Waals surface area contributed by atoms with E-state index in [0.717, 1.165) is 24.9 Å². The zero-order chi connectivity index (χ0) is 27.0. The molecule has 7 nitrogen and oxygen atoms in total. The first-order valence-corrected chi connectivity index (χ1v) is 17.0. The van der Waals surface area contributed by atoms with Crippen LogP contribution in [0.5, 0.6) is 0 Å². The summed E-state index contributed by atoms with van der Waals surface area (Å²) in [5.41, 5.74) is 1.61. The molecule has 37 heavy (non-hydrogen) atoms. The molecule has 0 aromatic heterocycles. The molecule has 0 aliphatic rings. The second kappa shape index (κ2) is 16.6. The van der Waals surface area contributed by atoms with Crippen LogP contribution in [0.3, 0.4) is 0 Å². The molecule has 0 radical (unpaired) electrons. The first-order valence-electron chi connectivity index (χ1n) is 13.6. The molecule has 0 atom stereocenters. The Kier molecular flexibility index (Phi) is 13.9. The molecular weight excluding hydrogens is 506 g/mol. The highest BCUT2D eigenvalue weighted by atomic mass is 32.2. The van der Waals surface area contributed by atoms with Crippen molar-refractivity contribution in [3.63, 3.8) is 0 Å². The molecule has 0 aliphatic heterocycles. The van der Waals surface area contributed by atoms with Gasteiger partial charge in [0.1, 0.15) is 0 Å². The maximum atomic E-state index is 12.7. The Hall–Kier alpha value is -2.26. The van der Waals surface area contributed by atoms with Crippen LogP contribution >= 0.6 is 0 Å². The Bertz CT molecular complexity index is 1100. The van der Waals surface area contributed by atoms with Crippen molar-refractivity contribution in [2.24, 2.45) is 0 Å². The van der Waals surface area contributed by atoms with E-state index in [4.69, 9.17) is 0 Å². The number of anilines is 3. The van der Waals surface area contributed by atoms with Gasteiger partial charge in [-0.15, -0.1) is 0 Å². The van der Waals surface area contributed by atoms with Crippen LogP contribution in [-0.4, -0.2) is 29.6 Å². The van der Waals surface area contributed by atoms with Crippen molar-refractivity contribution >= 4 is 37.1 Å². The maximum Gasteiger partial charge on any atom is 0.261 e. The van der Waals surface area contributed by atoms with Crippen LogP contribution in [0.4, 0.5) is 17.1 Å². The number of nitrogens with one attached hydrogen (secondary N) is 3. The fourth-order valence-corrected chi connectivity index (χ4v) is 5.78. The molecule has 0 spiro atoms. The Balaban J connectivity index is 1.61. The second-order valence-corrected chi connectivity index (χ2v) is 13.2. The molecule has 2 rings (SSSR count). The number of rotatable bonds is 20. The van der Waals surface area contributed by atoms with E-state index >= 15 is 0 Å². The second-order valence-electron chi connectivity index (χ2n) is 9.75. The predicted octanol–water partition coefficient (Wildman–Crippen LogP) is 7.36. The fourth-order valence-electron chi connectivity index (χ4n) is 4.16. The van der Waals surface area contributed by atoms with Crippen molar-refractivity contribution in [3.8, 4) is 0 Å². The monoisotopic (exact) mass is 551 g/mol. The summed E-state index contributed by atoms with van der Waals surface area (Å²) in [7, 11) is -7.13. The van der Waals surface area contributed by atoms with E-state index < -0.39 is 20.0 Å². The zero-order valence-corrected chi connectivity index (χ0v) is 24.1. The predicted molar refractivity (Wildman–Crippen MR) is 156 cm³/mol. The quantitative estimate of drug-likeness (QED) is 0.149. The summed E-state index contributed by atoms with van der Waals surface area (Å²) < 4.78 is 52.8. The molecule has 0 saturated heterocycles. The number of unbranched alkanes of at least 4 members (excludes halogenated alkanes) is 12. The number of hydrogen-bond donors (Lipinski definition) is 3. The highest BCUT2D eigenvalue weighted by Gasteiger charge is 2.14. The van der Waals surface area contributed by atoms with Crippen molar-refractivity contribution < 1.29 is 16.8 Å². The van der Waals surface area contributed by atoms with Gasteiger partial charge in [0.05, 0.1) is 11.2 Å². The Morgan fingerprint density at radius 3 is 1.41 bits per heavy atom. The van der Waals surface area contributed by atoms with Crippen LogP contribution in [0.2, 0.25) is 0 Å². The lowest BCUT2D eigenvalue weighted by Crippen LogP contribution is -2.13. The average molecular weight is 552 g/mol. The first-order chi connectivity index (χ1) is 17.7.